The third kappa shape index (κ3) is 2.61. The molecular formula is C16H20N4O2S. The van der Waals surface area contributed by atoms with Crippen LogP contribution in [0.3, 0.4) is 0 Å². The van der Waals surface area contributed by atoms with Crippen molar-refractivity contribution in [1.82, 2.24) is 19.7 Å². The van der Waals surface area contributed by atoms with E-state index in [0.29, 0.717) is 11.0 Å². The molecule has 2 aliphatic rings. The normalized spacial score (nSPS) is 24.1. The Bertz CT molecular complexity index is 704. The Balaban J connectivity index is 1.64. The van der Waals surface area contributed by atoms with Crippen molar-refractivity contribution in [2.24, 2.45) is 5.92 Å². The lowest BCUT2D eigenvalue weighted by Gasteiger charge is -2.37. The minimum atomic E-state index is -0.245. The molecule has 0 aromatic carbocycles. The molecule has 2 atom stereocenters. The number of hydrogen-bond donors (Lipinski definition) is 0. The molecular weight excluding hydrogens is 312 g/mol. The van der Waals surface area contributed by atoms with Gasteiger partial charge < -0.3 is 4.42 Å². The molecule has 4 rings (SSSR count). The van der Waals surface area contributed by atoms with E-state index in [2.05, 4.69) is 21.9 Å². The topological polar surface area (TPSA) is 64.2 Å². The van der Waals surface area contributed by atoms with E-state index in [1.807, 2.05) is 19.1 Å². The molecule has 0 saturated carbocycles. The van der Waals surface area contributed by atoms with Crippen LogP contribution in [0.15, 0.2) is 28.0 Å². The first-order chi connectivity index (χ1) is 11.1. The second kappa shape index (κ2) is 5.79. The van der Waals surface area contributed by atoms with Gasteiger partial charge in [-0.25, -0.2) is 4.98 Å². The highest BCUT2D eigenvalue weighted by Crippen LogP contribution is 2.42. The van der Waals surface area contributed by atoms with Crippen LogP contribution in [0.25, 0.3) is 0 Å². The average molecular weight is 332 g/mol. The number of furan rings is 1. The molecule has 4 heterocycles. The van der Waals surface area contributed by atoms with Gasteiger partial charge in [-0.15, -0.1) is 5.10 Å². The quantitative estimate of drug-likeness (QED) is 0.861. The van der Waals surface area contributed by atoms with Crippen LogP contribution in [0.2, 0.25) is 0 Å². The largest absolute Gasteiger partial charge is 0.468 e. The lowest BCUT2D eigenvalue weighted by Crippen LogP contribution is -2.42. The van der Waals surface area contributed by atoms with E-state index in [-0.39, 0.29) is 17.2 Å². The summed E-state index contributed by atoms with van der Waals surface area (Å²) in [6, 6.07) is 3.80. The van der Waals surface area contributed by atoms with E-state index in [9.17, 15) is 4.79 Å². The summed E-state index contributed by atoms with van der Waals surface area (Å²) < 4.78 is 7.13. The molecule has 2 aromatic heterocycles. The average Bonchev–Trinajstić information content (AvgIpc) is 3.22. The summed E-state index contributed by atoms with van der Waals surface area (Å²) >= 11 is 1.50. The lowest BCUT2D eigenvalue weighted by molar-refractivity contribution is 0.0772. The van der Waals surface area contributed by atoms with Gasteiger partial charge in [0.2, 0.25) is 0 Å². The van der Waals surface area contributed by atoms with Gasteiger partial charge in [0.25, 0.3) is 5.91 Å². The fourth-order valence-electron chi connectivity index (χ4n) is 3.39. The molecule has 1 saturated heterocycles. The van der Waals surface area contributed by atoms with E-state index >= 15 is 0 Å². The smallest absolute Gasteiger partial charge is 0.265 e. The standard InChI is InChI=1S/C16H20N4O2S/c1-10-5-7-19(8-6-10)13(12-4-3-9-22-12)14-15(21)20-16(23-14)17-11(2)18-20/h3-4,9-10,13-14H,5-8H2,1-2H3. The zero-order chi connectivity index (χ0) is 16.0. The van der Waals surface area contributed by atoms with Crippen molar-refractivity contribution in [3.63, 3.8) is 0 Å². The molecule has 0 radical (unpaired) electrons. The van der Waals surface area contributed by atoms with Gasteiger partial charge in [-0.05, 0) is 50.9 Å². The third-order valence-electron chi connectivity index (χ3n) is 4.70. The summed E-state index contributed by atoms with van der Waals surface area (Å²) in [7, 11) is 0. The monoisotopic (exact) mass is 332 g/mol. The van der Waals surface area contributed by atoms with Crippen molar-refractivity contribution in [3.05, 3.63) is 30.0 Å². The Morgan fingerprint density at radius 2 is 2.17 bits per heavy atom. The number of hydrogen-bond acceptors (Lipinski definition) is 6. The van der Waals surface area contributed by atoms with Crippen molar-refractivity contribution in [2.75, 3.05) is 13.1 Å². The van der Waals surface area contributed by atoms with Crippen molar-refractivity contribution in [2.45, 2.75) is 43.1 Å². The Morgan fingerprint density at radius 3 is 2.83 bits per heavy atom. The molecule has 122 valence electrons. The molecule has 0 spiro atoms. The summed E-state index contributed by atoms with van der Waals surface area (Å²) in [4.78, 5) is 19.6. The highest BCUT2D eigenvalue weighted by molar-refractivity contribution is 8.00. The Kier molecular flexibility index (Phi) is 3.77. The molecule has 0 aliphatic carbocycles. The van der Waals surface area contributed by atoms with E-state index < -0.39 is 0 Å². The molecule has 1 fully saturated rings. The van der Waals surface area contributed by atoms with Gasteiger partial charge in [0.05, 0.1) is 12.3 Å². The Morgan fingerprint density at radius 1 is 1.39 bits per heavy atom. The summed E-state index contributed by atoms with van der Waals surface area (Å²) in [5, 5.41) is 4.68. The number of thioether (sulfide) groups is 1. The number of aryl methyl sites for hydroxylation is 1. The fraction of sp³-hybridized carbons (Fsp3) is 0.562. The molecule has 2 aliphatic heterocycles. The van der Waals surface area contributed by atoms with E-state index in [1.165, 1.54) is 16.4 Å². The second-order valence-corrected chi connectivity index (χ2v) is 7.52. The summed E-state index contributed by atoms with van der Waals surface area (Å²) in [5.41, 5.74) is 0. The van der Waals surface area contributed by atoms with Gasteiger partial charge >= 0.3 is 0 Å². The summed E-state index contributed by atoms with van der Waals surface area (Å²) in [6.45, 7) is 6.08. The Labute approximate surface area is 139 Å². The molecule has 0 amide bonds. The molecule has 23 heavy (non-hydrogen) atoms. The molecule has 0 bridgehead atoms. The number of carbonyl (C=O) groups is 1. The first kappa shape index (κ1) is 15.0. The Hall–Kier alpha value is -1.60. The first-order valence-corrected chi connectivity index (χ1v) is 8.93. The van der Waals surface area contributed by atoms with Crippen LogP contribution in [0.1, 0.15) is 42.2 Å². The third-order valence-corrected chi connectivity index (χ3v) is 5.89. The zero-order valence-electron chi connectivity index (χ0n) is 13.3. The molecule has 0 N–H and O–H groups in total. The maximum absolute atomic E-state index is 12.8. The number of rotatable bonds is 3. The molecule has 2 aromatic rings. The maximum atomic E-state index is 12.8. The first-order valence-electron chi connectivity index (χ1n) is 8.05. The second-order valence-electron chi connectivity index (χ2n) is 6.41. The van der Waals surface area contributed by atoms with Crippen LogP contribution < -0.4 is 0 Å². The van der Waals surface area contributed by atoms with Crippen LogP contribution in [-0.4, -0.2) is 43.9 Å². The number of nitrogens with zero attached hydrogens (tertiary/aromatic N) is 4. The number of piperidine rings is 1. The minimum absolute atomic E-state index is 0.00521. The van der Waals surface area contributed by atoms with Gasteiger partial charge in [-0.2, -0.15) is 4.68 Å². The van der Waals surface area contributed by atoms with Gasteiger partial charge in [-0.3, -0.25) is 9.69 Å². The van der Waals surface area contributed by atoms with Crippen LogP contribution in [0, 0.1) is 12.8 Å². The van der Waals surface area contributed by atoms with Crippen LogP contribution in [0.5, 0.6) is 0 Å². The van der Waals surface area contributed by atoms with Crippen molar-refractivity contribution in [3.8, 4) is 0 Å². The molecule has 2 unspecified atom stereocenters. The predicted molar refractivity (Wildman–Crippen MR) is 86.5 cm³/mol. The number of likely N-dealkylation sites (tertiary alicyclic amines) is 1. The van der Waals surface area contributed by atoms with Crippen LogP contribution in [0.4, 0.5) is 0 Å². The summed E-state index contributed by atoms with van der Waals surface area (Å²) in [6.07, 6.45) is 4.00. The van der Waals surface area contributed by atoms with Crippen LogP contribution >= 0.6 is 11.8 Å². The molecule has 7 heteroatoms. The number of aromatic nitrogens is 3. The van der Waals surface area contributed by atoms with Gasteiger partial charge in [-0.1, -0.05) is 18.7 Å². The predicted octanol–water partition coefficient (Wildman–Crippen LogP) is 2.77. The highest BCUT2D eigenvalue weighted by Gasteiger charge is 2.44. The number of carbonyl (C=O) groups excluding carboxylic acids is 1. The minimum Gasteiger partial charge on any atom is -0.468 e. The van der Waals surface area contributed by atoms with Crippen molar-refractivity contribution < 1.29 is 9.21 Å². The van der Waals surface area contributed by atoms with E-state index in [0.717, 1.165) is 37.6 Å². The van der Waals surface area contributed by atoms with Crippen molar-refractivity contribution in [1.29, 1.82) is 0 Å². The summed E-state index contributed by atoms with van der Waals surface area (Å²) in [5.74, 6) is 2.24. The highest BCUT2D eigenvalue weighted by atomic mass is 32.2. The zero-order valence-corrected chi connectivity index (χ0v) is 14.1. The van der Waals surface area contributed by atoms with Crippen molar-refractivity contribution >= 4 is 17.7 Å². The number of fused-ring (bicyclic) bond motifs is 1. The maximum Gasteiger partial charge on any atom is 0.265 e. The molecule has 6 nitrogen and oxygen atoms in total. The van der Waals surface area contributed by atoms with E-state index in [1.54, 1.807) is 6.26 Å². The van der Waals surface area contributed by atoms with Gasteiger partial charge in [0.15, 0.2) is 5.16 Å². The van der Waals surface area contributed by atoms with Gasteiger partial charge in [0, 0.05) is 0 Å². The lowest BCUT2D eigenvalue weighted by atomic mass is 9.96. The van der Waals surface area contributed by atoms with Gasteiger partial charge in [0.1, 0.15) is 16.8 Å². The van der Waals surface area contributed by atoms with E-state index in [4.69, 9.17) is 4.42 Å². The fourth-order valence-corrected chi connectivity index (χ4v) is 4.66. The SMILES string of the molecule is Cc1nc2n(n1)C(=O)C(C(c1ccco1)N1CCC(C)CC1)S2. The van der Waals surface area contributed by atoms with Crippen LogP contribution in [-0.2, 0) is 0 Å².